The Balaban J connectivity index is 0.00000128. The molecule has 4 heteroatoms. The largest absolute Gasteiger partial charge is 0.320 e. The fourth-order valence-corrected chi connectivity index (χ4v) is 2.59. The molecule has 0 aliphatic carbocycles. The van der Waals surface area contributed by atoms with Crippen LogP contribution in [-0.4, -0.2) is 0 Å². The lowest BCUT2D eigenvalue weighted by Gasteiger charge is -2.11. The Morgan fingerprint density at radius 3 is 2.62 bits per heavy atom. The topological polar surface area (TPSA) is 26.0 Å². The van der Waals surface area contributed by atoms with Crippen LogP contribution in [0.15, 0.2) is 40.2 Å². The van der Waals surface area contributed by atoms with E-state index in [2.05, 4.69) is 52.5 Å². The van der Waals surface area contributed by atoms with Crippen molar-refractivity contribution < 1.29 is 0 Å². The molecule has 86 valence electrons. The number of hydrogen-bond donors (Lipinski definition) is 1. The first-order valence-electron chi connectivity index (χ1n) is 4.73. The van der Waals surface area contributed by atoms with Gasteiger partial charge in [-0.05, 0) is 35.6 Å². The van der Waals surface area contributed by atoms with Gasteiger partial charge in [0.05, 0.1) is 6.04 Å². The maximum absolute atomic E-state index is 6.17. The highest BCUT2D eigenvalue weighted by atomic mass is 79.9. The van der Waals surface area contributed by atoms with Gasteiger partial charge in [-0.2, -0.15) is 0 Å². The van der Waals surface area contributed by atoms with E-state index in [1.807, 2.05) is 6.07 Å². The zero-order valence-corrected chi connectivity index (χ0v) is 12.0. The summed E-state index contributed by atoms with van der Waals surface area (Å²) in [5.41, 5.74) is 8.55. The third-order valence-electron chi connectivity index (χ3n) is 2.40. The predicted octanol–water partition coefficient (Wildman–Crippen LogP) is 4.29. The fourth-order valence-electron chi connectivity index (χ4n) is 1.44. The lowest BCUT2D eigenvalue weighted by molar-refractivity contribution is 0.891. The molecular weight excluding hydrogens is 306 g/mol. The van der Waals surface area contributed by atoms with Crippen LogP contribution in [0, 0.1) is 6.92 Å². The molecule has 0 bridgehead atoms. The van der Waals surface area contributed by atoms with Crippen molar-refractivity contribution in [1.29, 1.82) is 0 Å². The standard InChI is InChI=1S/C12H12BrNS.ClH/c1-8-4-5-9(7-10(8)13)12(14)11-3-2-6-15-11;/h2-7,12H,14H2,1H3;1H/t12-;/m0./s1. The van der Waals surface area contributed by atoms with Crippen molar-refractivity contribution in [2.24, 2.45) is 5.73 Å². The van der Waals surface area contributed by atoms with Crippen molar-refractivity contribution in [3.8, 4) is 0 Å². The van der Waals surface area contributed by atoms with E-state index in [9.17, 15) is 0 Å². The van der Waals surface area contributed by atoms with Gasteiger partial charge >= 0.3 is 0 Å². The third-order valence-corrected chi connectivity index (χ3v) is 4.21. The number of halogens is 2. The van der Waals surface area contributed by atoms with E-state index in [4.69, 9.17) is 5.73 Å². The predicted molar refractivity (Wildman–Crippen MR) is 76.5 cm³/mol. The number of aryl methyl sites for hydroxylation is 1. The number of nitrogens with two attached hydrogens (primary N) is 1. The minimum absolute atomic E-state index is 0. The molecule has 0 aliphatic rings. The molecule has 1 nitrogen and oxygen atoms in total. The Morgan fingerprint density at radius 1 is 1.31 bits per heavy atom. The quantitative estimate of drug-likeness (QED) is 0.878. The van der Waals surface area contributed by atoms with Crippen LogP contribution in [0.4, 0.5) is 0 Å². The summed E-state index contributed by atoms with van der Waals surface area (Å²) in [4.78, 5) is 1.20. The SMILES string of the molecule is Cc1ccc([C@H](N)c2cccs2)cc1Br.Cl. The Labute approximate surface area is 114 Å². The van der Waals surface area contributed by atoms with Gasteiger partial charge in [0.1, 0.15) is 0 Å². The van der Waals surface area contributed by atoms with Crippen LogP contribution in [0.25, 0.3) is 0 Å². The van der Waals surface area contributed by atoms with Crippen LogP contribution >= 0.6 is 39.7 Å². The average molecular weight is 319 g/mol. The van der Waals surface area contributed by atoms with Gasteiger partial charge in [-0.15, -0.1) is 23.7 Å². The normalized spacial score (nSPS) is 11.9. The van der Waals surface area contributed by atoms with Crippen molar-refractivity contribution in [1.82, 2.24) is 0 Å². The van der Waals surface area contributed by atoms with E-state index in [-0.39, 0.29) is 18.4 Å². The van der Waals surface area contributed by atoms with E-state index in [1.54, 1.807) is 11.3 Å². The molecule has 0 radical (unpaired) electrons. The second-order valence-corrected chi connectivity index (χ2v) is 5.34. The lowest BCUT2D eigenvalue weighted by Crippen LogP contribution is -2.10. The average Bonchev–Trinajstić information content (AvgIpc) is 2.74. The molecular formula is C12H13BrClNS. The van der Waals surface area contributed by atoms with Gasteiger partial charge < -0.3 is 5.73 Å². The lowest BCUT2D eigenvalue weighted by atomic mass is 10.0. The summed E-state index contributed by atoms with van der Waals surface area (Å²) >= 11 is 5.22. The van der Waals surface area contributed by atoms with Crippen molar-refractivity contribution in [3.05, 3.63) is 56.2 Å². The molecule has 0 spiro atoms. The van der Waals surface area contributed by atoms with Crippen molar-refractivity contribution in [2.45, 2.75) is 13.0 Å². The minimum Gasteiger partial charge on any atom is -0.320 e. The van der Waals surface area contributed by atoms with Crippen molar-refractivity contribution >= 4 is 39.7 Å². The molecule has 0 amide bonds. The van der Waals surface area contributed by atoms with E-state index in [1.165, 1.54) is 10.4 Å². The number of hydrogen-bond acceptors (Lipinski definition) is 2. The van der Waals surface area contributed by atoms with Gasteiger partial charge in [0.25, 0.3) is 0 Å². The van der Waals surface area contributed by atoms with Crippen LogP contribution in [0.2, 0.25) is 0 Å². The summed E-state index contributed by atoms with van der Waals surface area (Å²) in [6.45, 7) is 2.07. The van der Waals surface area contributed by atoms with Crippen LogP contribution in [0.1, 0.15) is 22.0 Å². The monoisotopic (exact) mass is 317 g/mol. The number of thiophene rings is 1. The third kappa shape index (κ3) is 2.86. The molecule has 0 fully saturated rings. The molecule has 2 N–H and O–H groups in total. The summed E-state index contributed by atoms with van der Waals surface area (Å²) in [6.07, 6.45) is 0. The molecule has 1 heterocycles. The molecule has 2 aromatic rings. The number of rotatable bonds is 2. The molecule has 1 atom stereocenters. The maximum atomic E-state index is 6.17. The minimum atomic E-state index is -0.0121. The van der Waals surface area contributed by atoms with Crippen LogP contribution in [-0.2, 0) is 0 Å². The highest BCUT2D eigenvalue weighted by Gasteiger charge is 2.10. The van der Waals surface area contributed by atoms with Gasteiger partial charge in [0.15, 0.2) is 0 Å². The molecule has 0 unspecified atom stereocenters. The summed E-state index contributed by atoms with van der Waals surface area (Å²) in [5.74, 6) is 0. The van der Waals surface area contributed by atoms with Crippen LogP contribution in [0.3, 0.4) is 0 Å². The molecule has 0 aliphatic heterocycles. The van der Waals surface area contributed by atoms with Gasteiger partial charge in [0.2, 0.25) is 0 Å². The highest BCUT2D eigenvalue weighted by molar-refractivity contribution is 9.10. The summed E-state index contributed by atoms with van der Waals surface area (Å²) in [5, 5.41) is 2.05. The zero-order valence-electron chi connectivity index (χ0n) is 8.81. The Bertz CT molecular complexity index is 456. The maximum Gasteiger partial charge on any atom is 0.0646 e. The molecule has 2 rings (SSSR count). The Hall–Kier alpha value is -0.350. The van der Waals surface area contributed by atoms with E-state index >= 15 is 0 Å². The Kier molecular flexibility index (Phi) is 4.99. The van der Waals surface area contributed by atoms with Crippen LogP contribution in [0.5, 0.6) is 0 Å². The molecule has 0 saturated heterocycles. The molecule has 0 saturated carbocycles. The first kappa shape index (κ1) is 13.7. The second-order valence-electron chi connectivity index (χ2n) is 3.50. The first-order chi connectivity index (χ1) is 7.18. The van der Waals surface area contributed by atoms with E-state index < -0.39 is 0 Å². The summed E-state index contributed by atoms with van der Waals surface area (Å²) in [7, 11) is 0. The Morgan fingerprint density at radius 2 is 2.06 bits per heavy atom. The molecule has 16 heavy (non-hydrogen) atoms. The van der Waals surface area contributed by atoms with E-state index in [0.717, 1.165) is 10.0 Å². The van der Waals surface area contributed by atoms with Gasteiger partial charge in [-0.1, -0.05) is 34.1 Å². The highest BCUT2D eigenvalue weighted by Crippen LogP contribution is 2.27. The van der Waals surface area contributed by atoms with Crippen molar-refractivity contribution in [2.75, 3.05) is 0 Å². The summed E-state index contributed by atoms with van der Waals surface area (Å²) < 4.78 is 1.12. The molecule has 1 aromatic heterocycles. The molecule has 1 aromatic carbocycles. The number of benzene rings is 1. The fraction of sp³-hybridized carbons (Fsp3) is 0.167. The van der Waals surface area contributed by atoms with Gasteiger partial charge in [-0.25, -0.2) is 0 Å². The van der Waals surface area contributed by atoms with E-state index in [0.29, 0.717) is 0 Å². The summed E-state index contributed by atoms with van der Waals surface area (Å²) in [6, 6.07) is 10.4. The van der Waals surface area contributed by atoms with Crippen molar-refractivity contribution in [3.63, 3.8) is 0 Å². The second kappa shape index (κ2) is 5.82. The zero-order chi connectivity index (χ0) is 10.8. The van der Waals surface area contributed by atoms with Gasteiger partial charge in [-0.3, -0.25) is 0 Å². The first-order valence-corrected chi connectivity index (χ1v) is 6.41. The smallest absolute Gasteiger partial charge is 0.0646 e. The van der Waals surface area contributed by atoms with Gasteiger partial charge in [0, 0.05) is 9.35 Å². The van der Waals surface area contributed by atoms with Crippen LogP contribution < -0.4 is 5.73 Å².